The highest BCUT2D eigenvalue weighted by Crippen LogP contribution is 2.30. The second-order valence-electron chi connectivity index (χ2n) is 6.53. The van der Waals surface area contributed by atoms with Crippen LogP contribution in [0.3, 0.4) is 0 Å². The Kier molecular flexibility index (Phi) is 3.45. The van der Waals surface area contributed by atoms with Crippen LogP contribution in [-0.4, -0.2) is 29.0 Å². The first-order chi connectivity index (χ1) is 12.3. The van der Waals surface area contributed by atoms with E-state index in [0.717, 1.165) is 53.7 Å². The molecule has 1 fully saturated rings. The zero-order chi connectivity index (χ0) is 16.6. The minimum absolute atomic E-state index is 0.410. The molecule has 0 saturated carbocycles. The second-order valence-corrected chi connectivity index (χ2v) is 6.53. The molecule has 0 bridgehead atoms. The van der Waals surface area contributed by atoms with Gasteiger partial charge in [0.25, 0.3) is 0 Å². The van der Waals surface area contributed by atoms with Crippen molar-refractivity contribution in [3.63, 3.8) is 0 Å². The van der Waals surface area contributed by atoms with Gasteiger partial charge in [-0.25, -0.2) is 0 Å². The van der Waals surface area contributed by atoms with Gasteiger partial charge >= 0.3 is 0 Å². The van der Waals surface area contributed by atoms with E-state index < -0.39 is 0 Å². The highest BCUT2D eigenvalue weighted by Gasteiger charge is 2.20. The summed E-state index contributed by atoms with van der Waals surface area (Å²) in [6.07, 6.45) is 0. The van der Waals surface area contributed by atoms with E-state index in [1.165, 1.54) is 0 Å². The predicted octanol–water partition coefficient (Wildman–Crippen LogP) is 3.30. The first kappa shape index (κ1) is 14.5. The van der Waals surface area contributed by atoms with Crippen LogP contribution in [0.5, 0.6) is 5.75 Å². The second kappa shape index (κ2) is 5.93. The number of hydrogen-bond donors (Lipinski definition) is 1. The maximum Gasteiger partial charge on any atom is 0.130 e. The zero-order valence-electron chi connectivity index (χ0n) is 13.8. The maximum absolute atomic E-state index is 6.07. The van der Waals surface area contributed by atoms with Crippen molar-refractivity contribution in [2.45, 2.75) is 19.2 Å². The highest BCUT2D eigenvalue weighted by atomic mass is 16.5. The fourth-order valence-corrected chi connectivity index (χ4v) is 3.24. The number of nitrogens with one attached hydrogen (secondary N) is 1. The van der Waals surface area contributed by atoms with Crippen LogP contribution in [0, 0.1) is 0 Å². The van der Waals surface area contributed by atoms with Crippen molar-refractivity contribution in [3.8, 4) is 17.0 Å². The number of rotatable bonds is 3. The van der Waals surface area contributed by atoms with E-state index in [-0.39, 0.29) is 0 Å². The number of fused-ring (bicyclic) bond motifs is 2. The normalized spacial score (nSPS) is 16.2. The molecule has 0 unspecified atom stereocenters. The first-order valence-corrected chi connectivity index (χ1v) is 8.57. The number of nitrogens with zero attached hydrogens (tertiary/aromatic N) is 2. The molecule has 5 heteroatoms. The van der Waals surface area contributed by atoms with Gasteiger partial charge in [-0.3, -0.25) is 4.68 Å². The van der Waals surface area contributed by atoms with E-state index in [2.05, 4.69) is 41.7 Å². The Morgan fingerprint density at radius 3 is 2.72 bits per heavy atom. The molecule has 126 valence electrons. The Bertz CT molecular complexity index is 901. The predicted molar refractivity (Wildman–Crippen MR) is 95.8 cm³/mol. The summed E-state index contributed by atoms with van der Waals surface area (Å²) in [6.45, 7) is 2.80. The lowest BCUT2D eigenvalue weighted by molar-refractivity contribution is 0.0211. The van der Waals surface area contributed by atoms with Gasteiger partial charge in [0.05, 0.1) is 37.2 Å². The lowest BCUT2D eigenvalue weighted by atomic mass is 10.1. The number of benzene rings is 2. The standard InChI is InChI=1S/C20H19N3O2/c1-2-4-14(5-3-1)19-9-18-13-25-20-8-16(21-17-11-24-12-17)7-6-15(20)10-23(18)22-19/h1-9,17,21H,10-13H2. The van der Waals surface area contributed by atoms with Gasteiger partial charge in [0.1, 0.15) is 12.4 Å². The third kappa shape index (κ3) is 2.76. The molecule has 2 aliphatic rings. The van der Waals surface area contributed by atoms with Gasteiger partial charge in [-0.1, -0.05) is 36.4 Å². The van der Waals surface area contributed by atoms with Gasteiger partial charge in [0, 0.05) is 22.9 Å². The summed E-state index contributed by atoms with van der Waals surface area (Å²) in [4.78, 5) is 0. The van der Waals surface area contributed by atoms with Crippen molar-refractivity contribution < 1.29 is 9.47 Å². The van der Waals surface area contributed by atoms with Gasteiger partial charge < -0.3 is 14.8 Å². The molecule has 1 saturated heterocycles. The fraction of sp³-hybridized carbons (Fsp3) is 0.250. The summed E-state index contributed by atoms with van der Waals surface area (Å²) in [5.41, 5.74) is 5.45. The average molecular weight is 333 g/mol. The minimum Gasteiger partial charge on any atom is -0.487 e. The number of anilines is 1. The molecule has 0 spiro atoms. The quantitative estimate of drug-likeness (QED) is 0.799. The molecule has 3 aromatic rings. The van der Waals surface area contributed by atoms with E-state index in [1.54, 1.807) is 0 Å². The number of ether oxygens (including phenoxy) is 2. The largest absolute Gasteiger partial charge is 0.487 e. The highest BCUT2D eigenvalue weighted by molar-refractivity contribution is 5.59. The van der Waals surface area contributed by atoms with Crippen LogP contribution in [0.25, 0.3) is 11.3 Å². The summed E-state index contributed by atoms with van der Waals surface area (Å²) in [7, 11) is 0. The molecule has 0 aliphatic carbocycles. The molecule has 1 N–H and O–H groups in total. The Morgan fingerprint density at radius 2 is 1.92 bits per heavy atom. The van der Waals surface area contributed by atoms with Crippen molar-refractivity contribution in [1.82, 2.24) is 9.78 Å². The summed E-state index contributed by atoms with van der Waals surface area (Å²) >= 11 is 0. The smallest absolute Gasteiger partial charge is 0.130 e. The van der Waals surface area contributed by atoms with Crippen LogP contribution >= 0.6 is 0 Å². The van der Waals surface area contributed by atoms with Crippen molar-refractivity contribution >= 4 is 5.69 Å². The number of hydrogen-bond acceptors (Lipinski definition) is 4. The Balaban J connectivity index is 1.41. The minimum atomic E-state index is 0.410. The Hall–Kier alpha value is -2.79. The maximum atomic E-state index is 6.07. The third-order valence-electron chi connectivity index (χ3n) is 4.70. The van der Waals surface area contributed by atoms with Crippen LogP contribution in [0.2, 0.25) is 0 Å². The first-order valence-electron chi connectivity index (χ1n) is 8.57. The SMILES string of the molecule is c1ccc(-c2cc3n(n2)Cc2ccc(NC4COC4)cc2OC3)cc1. The van der Waals surface area contributed by atoms with E-state index in [1.807, 2.05) is 22.9 Å². The molecular formula is C20H19N3O2. The summed E-state index contributed by atoms with van der Waals surface area (Å²) in [6, 6.07) is 19.1. The van der Waals surface area contributed by atoms with Crippen molar-refractivity contribution in [1.29, 1.82) is 0 Å². The van der Waals surface area contributed by atoms with Crippen molar-refractivity contribution in [2.75, 3.05) is 18.5 Å². The van der Waals surface area contributed by atoms with Crippen LogP contribution in [0.15, 0.2) is 54.6 Å². The molecule has 0 atom stereocenters. The van der Waals surface area contributed by atoms with Crippen molar-refractivity contribution in [2.24, 2.45) is 0 Å². The molecule has 5 rings (SSSR count). The molecule has 5 nitrogen and oxygen atoms in total. The average Bonchev–Trinajstić information content (AvgIpc) is 2.94. The summed E-state index contributed by atoms with van der Waals surface area (Å²) < 4.78 is 13.3. The van der Waals surface area contributed by atoms with Gasteiger partial charge in [-0.15, -0.1) is 0 Å². The molecule has 2 aromatic carbocycles. The molecule has 25 heavy (non-hydrogen) atoms. The van der Waals surface area contributed by atoms with E-state index in [0.29, 0.717) is 12.6 Å². The van der Waals surface area contributed by atoms with Crippen LogP contribution in [0.1, 0.15) is 11.3 Å². The van der Waals surface area contributed by atoms with Crippen LogP contribution < -0.4 is 10.1 Å². The van der Waals surface area contributed by atoms with Gasteiger partial charge in [-0.05, 0) is 12.1 Å². The molecule has 2 aliphatic heterocycles. The molecule has 1 aromatic heterocycles. The van der Waals surface area contributed by atoms with E-state index >= 15 is 0 Å². The Morgan fingerprint density at radius 1 is 1.04 bits per heavy atom. The number of aromatic nitrogens is 2. The molecular weight excluding hydrogens is 314 g/mol. The monoisotopic (exact) mass is 333 g/mol. The molecule has 0 amide bonds. The van der Waals surface area contributed by atoms with E-state index in [4.69, 9.17) is 14.6 Å². The lowest BCUT2D eigenvalue weighted by Gasteiger charge is -2.28. The lowest BCUT2D eigenvalue weighted by Crippen LogP contribution is -2.40. The zero-order valence-corrected chi connectivity index (χ0v) is 13.8. The van der Waals surface area contributed by atoms with Gasteiger partial charge in [-0.2, -0.15) is 5.10 Å². The van der Waals surface area contributed by atoms with E-state index in [9.17, 15) is 0 Å². The topological polar surface area (TPSA) is 48.3 Å². The Labute approximate surface area is 146 Å². The third-order valence-corrected chi connectivity index (χ3v) is 4.70. The van der Waals surface area contributed by atoms with Gasteiger partial charge in [0.15, 0.2) is 0 Å². The van der Waals surface area contributed by atoms with Crippen LogP contribution in [-0.2, 0) is 17.9 Å². The summed E-state index contributed by atoms with van der Waals surface area (Å²) in [5.74, 6) is 0.928. The van der Waals surface area contributed by atoms with Crippen molar-refractivity contribution in [3.05, 3.63) is 65.9 Å². The molecule has 3 heterocycles. The fourth-order valence-electron chi connectivity index (χ4n) is 3.24. The molecule has 0 radical (unpaired) electrons. The van der Waals surface area contributed by atoms with Crippen LogP contribution in [0.4, 0.5) is 5.69 Å². The summed E-state index contributed by atoms with van der Waals surface area (Å²) in [5, 5.41) is 8.24. The van der Waals surface area contributed by atoms with Gasteiger partial charge in [0.2, 0.25) is 0 Å².